The van der Waals surface area contributed by atoms with Gasteiger partial charge in [-0.1, -0.05) is 23.2 Å². The summed E-state index contributed by atoms with van der Waals surface area (Å²) in [6, 6.07) is 5.69. The monoisotopic (exact) mass is 446 g/mol. The number of nitrogens with zero attached hydrogens (tertiary/aromatic N) is 4. The molecule has 0 spiro atoms. The maximum absolute atomic E-state index is 9.10. The van der Waals surface area contributed by atoms with E-state index in [0.29, 0.717) is 22.7 Å². The number of aromatic nitrogens is 3. The summed E-state index contributed by atoms with van der Waals surface area (Å²) >= 11 is 12.0. The average molecular weight is 447 g/mol. The van der Waals surface area contributed by atoms with Crippen molar-refractivity contribution in [1.82, 2.24) is 19.7 Å². The molecule has 1 saturated heterocycles. The van der Waals surface area contributed by atoms with Gasteiger partial charge in [0.05, 0.1) is 28.9 Å². The summed E-state index contributed by atoms with van der Waals surface area (Å²) in [6.07, 6.45) is 0. The van der Waals surface area contributed by atoms with Gasteiger partial charge < -0.3 is 19.7 Å². The number of ether oxygens (including phenoxy) is 2. The van der Waals surface area contributed by atoms with E-state index in [1.165, 1.54) is 0 Å². The first-order chi connectivity index (χ1) is 13.8. The Morgan fingerprint density at radius 2 is 1.83 bits per heavy atom. The molecule has 29 heavy (non-hydrogen) atoms. The van der Waals surface area contributed by atoms with Crippen LogP contribution in [0.5, 0.6) is 6.01 Å². The normalized spacial score (nSPS) is 14.0. The van der Waals surface area contributed by atoms with Crippen molar-refractivity contribution in [2.45, 2.75) is 6.92 Å². The van der Waals surface area contributed by atoms with Crippen LogP contribution in [0.1, 0.15) is 5.82 Å². The standard InChI is InChI=1S/C15H18Cl2N4O2.C2H2O4/c1-11-18-15(23-9-6-20-4-7-22-8-5-20)19-21(11)12-2-3-13(16)14(17)10-12;3-1(4)2(5)6/h2-3,10H,4-9H2,1H3;(H,3,4)(H,5,6). The third-order valence-corrected chi connectivity index (χ3v) is 4.56. The van der Waals surface area contributed by atoms with E-state index in [4.69, 9.17) is 52.5 Å². The van der Waals surface area contributed by atoms with Crippen molar-refractivity contribution in [2.24, 2.45) is 0 Å². The fraction of sp³-hybridized carbons (Fsp3) is 0.412. The highest BCUT2D eigenvalue weighted by atomic mass is 35.5. The van der Waals surface area contributed by atoms with Crippen molar-refractivity contribution in [2.75, 3.05) is 39.5 Å². The van der Waals surface area contributed by atoms with Crippen LogP contribution in [0.3, 0.4) is 0 Å². The number of carbonyl (C=O) groups is 2. The van der Waals surface area contributed by atoms with E-state index in [9.17, 15) is 0 Å². The third-order valence-electron chi connectivity index (χ3n) is 3.82. The summed E-state index contributed by atoms with van der Waals surface area (Å²) in [7, 11) is 0. The Kier molecular flexibility index (Phi) is 8.65. The summed E-state index contributed by atoms with van der Waals surface area (Å²) < 4.78 is 12.7. The molecule has 1 aromatic heterocycles. The zero-order valence-electron chi connectivity index (χ0n) is 15.5. The highest BCUT2D eigenvalue weighted by Gasteiger charge is 2.13. The maximum atomic E-state index is 9.10. The number of rotatable bonds is 5. The highest BCUT2D eigenvalue weighted by Crippen LogP contribution is 2.25. The van der Waals surface area contributed by atoms with Crippen molar-refractivity contribution in [3.05, 3.63) is 34.1 Å². The summed E-state index contributed by atoms with van der Waals surface area (Å²) in [6.45, 7) is 6.69. The van der Waals surface area contributed by atoms with E-state index in [-0.39, 0.29) is 0 Å². The molecule has 2 N–H and O–H groups in total. The molecule has 0 amide bonds. The molecule has 3 rings (SSSR count). The molecule has 0 radical (unpaired) electrons. The van der Waals surface area contributed by atoms with Crippen molar-refractivity contribution in [3.8, 4) is 11.7 Å². The number of aryl methyl sites for hydroxylation is 1. The first kappa shape index (κ1) is 22.9. The van der Waals surface area contributed by atoms with Gasteiger partial charge in [-0.3, -0.25) is 4.90 Å². The van der Waals surface area contributed by atoms with Crippen LogP contribution in [0, 0.1) is 6.92 Å². The minimum absolute atomic E-state index is 0.363. The second kappa shape index (κ2) is 11.0. The number of hydrogen-bond donors (Lipinski definition) is 2. The minimum Gasteiger partial charge on any atom is -0.473 e. The molecule has 0 atom stereocenters. The lowest BCUT2D eigenvalue weighted by atomic mass is 10.3. The number of halogens is 2. The zero-order valence-corrected chi connectivity index (χ0v) is 17.1. The number of carboxylic acid groups (broad SMARTS) is 2. The van der Waals surface area contributed by atoms with Crippen LogP contribution in [0.2, 0.25) is 10.0 Å². The van der Waals surface area contributed by atoms with Gasteiger partial charge in [0.1, 0.15) is 12.4 Å². The van der Waals surface area contributed by atoms with Crippen LogP contribution in [0.15, 0.2) is 18.2 Å². The quantitative estimate of drug-likeness (QED) is 0.659. The number of aliphatic carboxylic acids is 2. The van der Waals surface area contributed by atoms with Gasteiger partial charge in [-0.25, -0.2) is 14.3 Å². The van der Waals surface area contributed by atoms with Crippen LogP contribution in [-0.4, -0.2) is 81.3 Å². The molecule has 0 saturated carbocycles. The fourth-order valence-electron chi connectivity index (χ4n) is 2.38. The molecule has 2 aromatic rings. The molecule has 1 aromatic carbocycles. The predicted molar refractivity (Wildman–Crippen MR) is 104 cm³/mol. The molecule has 1 aliphatic rings. The Morgan fingerprint density at radius 1 is 1.17 bits per heavy atom. The topological polar surface area (TPSA) is 127 Å². The Balaban J connectivity index is 0.000000438. The second-order valence-corrected chi connectivity index (χ2v) is 6.68. The molecule has 0 unspecified atom stereocenters. The molecule has 158 valence electrons. The molecule has 1 fully saturated rings. The number of carboxylic acids is 2. The van der Waals surface area contributed by atoms with Crippen LogP contribution in [-0.2, 0) is 14.3 Å². The summed E-state index contributed by atoms with van der Waals surface area (Å²) in [5.74, 6) is -2.92. The minimum atomic E-state index is -1.82. The molecule has 12 heteroatoms. The number of morpholine rings is 1. The van der Waals surface area contributed by atoms with Gasteiger partial charge in [0, 0.05) is 19.6 Å². The number of hydrogen-bond acceptors (Lipinski definition) is 7. The average Bonchev–Trinajstić information content (AvgIpc) is 3.06. The van der Waals surface area contributed by atoms with Gasteiger partial charge in [0.25, 0.3) is 0 Å². The van der Waals surface area contributed by atoms with E-state index < -0.39 is 11.9 Å². The molecule has 1 aliphatic heterocycles. The molecule has 0 aliphatic carbocycles. The first-order valence-corrected chi connectivity index (χ1v) is 9.31. The molecule has 10 nitrogen and oxygen atoms in total. The van der Waals surface area contributed by atoms with E-state index in [1.54, 1.807) is 16.8 Å². The van der Waals surface area contributed by atoms with Crippen molar-refractivity contribution in [1.29, 1.82) is 0 Å². The van der Waals surface area contributed by atoms with Crippen LogP contribution in [0.4, 0.5) is 0 Å². The largest absolute Gasteiger partial charge is 0.473 e. The predicted octanol–water partition coefficient (Wildman–Crippen LogP) is 1.75. The van der Waals surface area contributed by atoms with Gasteiger partial charge in [-0.05, 0) is 25.1 Å². The van der Waals surface area contributed by atoms with E-state index in [1.807, 2.05) is 13.0 Å². The van der Waals surface area contributed by atoms with E-state index in [2.05, 4.69) is 15.0 Å². The smallest absolute Gasteiger partial charge is 0.414 e. The fourth-order valence-corrected chi connectivity index (χ4v) is 2.67. The van der Waals surface area contributed by atoms with Crippen molar-refractivity contribution in [3.63, 3.8) is 0 Å². The molecular weight excluding hydrogens is 427 g/mol. The van der Waals surface area contributed by atoms with Gasteiger partial charge in [0.15, 0.2) is 0 Å². The van der Waals surface area contributed by atoms with Gasteiger partial charge in [-0.15, -0.1) is 5.10 Å². The molecule has 0 bridgehead atoms. The van der Waals surface area contributed by atoms with Crippen molar-refractivity contribution < 1.29 is 29.3 Å². The van der Waals surface area contributed by atoms with E-state index in [0.717, 1.165) is 44.4 Å². The lowest BCUT2D eigenvalue weighted by Gasteiger charge is -2.25. The summed E-state index contributed by atoms with van der Waals surface area (Å²) in [5, 5.41) is 20.1. The lowest BCUT2D eigenvalue weighted by molar-refractivity contribution is -0.159. The number of benzene rings is 1. The lowest BCUT2D eigenvalue weighted by Crippen LogP contribution is -2.38. The highest BCUT2D eigenvalue weighted by molar-refractivity contribution is 6.42. The zero-order chi connectivity index (χ0) is 21.4. The van der Waals surface area contributed by atoms with Gasteiger partial charge >= 0.3 is 17.9 Å². The summed E-state index contributed by atoms with van der Waals surface area (Å²) in [5.41, 5.74) is 0.799. The second-order valence-electron chi connectivity index (χ2n) is 5.86. The first-order valence-electron chi connectivity index (χ1n) is 8.56. The Bertz CT molecular complexity index is 842. The van der Waals surface area contributed by atoms with Gasteiger partial charge in [0.2, 0.25) is 0 Å². The van der Waals surface area contributed by atoms with Gasteiger partial charge in [-0.2, -0.15) is 4.98 Å². The summed E-state index contributed by atoms with van der Waals surface area (Å²) in [4.78, 5) is 24.8. The Morgan fingerprint density at radius 3 is 2.41 bits per heavy atom. The molecular formula is C17H20Cl2N4O6. The molecule has 2 heterocycles. The SMILES string of the molecule is Cc1nc(OCCN2CCOCC2)nn1-c1ccc(Cl)c(Cl)c1.O=C(O)C(=O)O. The Hall–Kier alpha value is -2.40. The van der Waals surface area contributed by atoms with E-state index >= 15 is 0 Å². The van der Waals surface area contributed by atoms with Crippen molar-refractivity contribution >= 4 is 35.1 Å². The van der Waals surface area contributed by atoms with Crippen LogP contribution < -0.4 is 4.74 Å². The van der Waals surface area contributed by atoms with Crippen LogP contribution >= 0.6 is 23.2 Å². The van der Waals surface area contributed by atoms with Crippen LogP contribution in [0.25, 0.3) is 5.69 Å². The maximum Gasteiger partial charge on any atom is 0.414 e. The third kappa shape index (κ3) is 7.17. The Labute approximate surface area is 176 Å².